The number of methoxy groups -OCH3 is 1. The average Bonchev–Trinajstić information content (AvgIpc) is 2.42. The van der Waals surface area contributed by atoms with Crippen LogP contribution in [-0.2, 0) is 6.42 Å². The molecule has 1 atom stereocenters. The van der Waals surface area contributed by atoms with Crippen molar-refractivity contribution in [3.8, 4) is 5.75 Å². The van der Waals surface area contributed by atoms with Gasteiger partial charge in [-0.3, -0.25) is 0 Å². The highest BCUT2D eigenvalue weighted by atomic mass is 79.9. The van der Waals surface area contributed by atoms with Crippen LogP contribution in [0.3, 0.4) is 0 Å². The molecule has 0 aliphatic rings. The van der Waals surface area contributed by atoms with Crippen LogP contribution in [0.15, 0.2) is 40.9 Å². The minimum Gasteiger partial charge on any atom is -0.496 e. The van der Waals surface area contributed by atoms with Crippen LogP contribution < -0.4 is 10.5 Å². The summed E-state index contributed by atoms with van der Waals surface area (Å²) in [5.41, 5.74) is 11.1. The van der Waals surface area contributed by atoms with Crippen molar-refractivity contribution in [3.05, 3.63) is 63.1 Å². The van der Waals surface area contributed by atoms with Crippen molar-refractivity contribution >= 4 is 15.9 Å². The van der Waals surface area contributed by atoms with Crippen LogP contribution in [0.4, 0.5) is 0 Å². The smallest absolute Gasteiger partial charge is 0.122 e. The van der Waals surface area contributed by atoms with E-state index in [9.17, 15) is 0 Å². The zero-order valence-corrected chi connectivity index (χ0v) is 13.7. The molecule has 2 nitrogen and oxygen atoms in total. The summed E-state index contributed by atoms with van der Waals surface area (Å²) in [7, 11) is 1.70. The summed E-state index contributed by atoms with van der Waals surface area (Å²) >= 11 is 3.52. The molecule has 20 heavy (non-hydrogen) atoms. The highest BCUT2D eigenvalue weighted by Crippen LogP contribution is 2.26. The minimum absolute atomic E-state index is 0.0301. The average molecular weight is 334 g/mol. The SMILES string of the molecule is COc1ccc(C)cc1CC(N)c1ccc(Br)c(C)c1. The Balaban J connectivity index is 2.24. The summed E-state index contributed by atoms with van der Waals surface area (Å²) in [5, 5.41) is 0. The van der Waals surface area contributed by atoms with E-state index in [2.05, 4.69) is 60.1 Å². The summed E-state index contributed by atoms with van der Waals surface area (Å²) in [6.07, 6.45) is 0.770. The molecular formula is C17H20BrNO. The molecule has 2 rings (SSSR count). The van der Waals surface area contributed by atoms with E-state index in [1.807, 2.05) is 6.07 Å². The zero-order valence-electron chi connectivity index (χ0n) is 12.1. The molecule has 2 aromatic carbocycles. The van der Waals surface area contributed by atoms with Gasteiger partial charge in [-0.15, -0.1) is 0 Å². The Bertz CT molecular complexity index is 610. The van der Waals surface area contributed by atoms with Crippen molar-refractivity contribution in [3.63, 3.8) is 0 Å². The molecule has 0 aromatic heterocycles. The number of benzene rings is 2. The molecule has 0 saturated heterocycles. The second kappa shape index (κ2) is 6.42. The highest BCUT2D eigenvalue weighted by Gasteiger charge is 2.12. The van der Waals surface area contributed by atoms with Gasteiger partial charge < -0.3 is 10.5 Å². The van der Waals surface area contributed by atoms with Crippen molar-refractivity contribution < 1.29 is 4.74 Å². The Morgan fingerprint density at radius 2 is 1.90 bits per heavy atom. The van der Waals surface area contributed by atoms with E-state index in [0.717, 1.165) is 27.8 Å². The zero-order chi connectivity index (χ0) is 14.7. The monoisotopic (exact) mass is 333 g/mol. The number of ether oxygens (including phenoxy) is 1. The lowest BCUT2D eigenvalue weighted by Gasteiger charge is -2.16. The molecule has 0 saturated carbocycles. The van der Waals surface area contributed by atoms with Crippen LogP contribution in [0.1, 0.15) is 28.3 Å². The second-order valence-corrected chi connectivity index (χ2v) is 5.99. The molecule has 106 valence electrons. The number of hydrogen-bond donors (Lipinski definition) is 1. The van der Waals surface area contributed by atoms with Crippen LogP contribution in [0, 0.1) is 13.8 Å². The largest absolute Gasteiger partial charge is 0.496 e. The minimum atomic E-state index is -0.0301. The molecule has 3 heteroatoms. The third kappa shape index (κ3) is 3.41. The van der Waals surface area contributed by atoms with Gasteiger partial charge in [0.05, 0.1) is 7.11 Å². The maximum atomic E-state index is 6.35. The molecule has 2 N–H and O–H groups in total. The van der Waals surface area contributed by atoms with E-state index in [1.54, 1.807) is 7.11 Å². The normalized spacial score (nSPS) is 12.2. The van der Waals surface area contributed by atoms with Crippen LogP contribution in [-0.4, -0.2) is 7.11 Å². The topological polar surface area (TPSA) is 35.2 Å². The first-order valence-electron chi connectivity index (χ1n) is 6.66. The van der Waals surface area contributed by atoms with Crippen LogP contribution in [0.5, 0.6) is 5.75 Å². The maximum absolute atomic E-state index is 6.35. The van der Waals surface area contributed by atoms with Gasteiger partial charge in [0, 0.05) is 10.5 Å². The lowest BCUT2D eigenvalue weighted by molar-refractivity contribution is 0.408. The Kier molecular flexibility index (Phi) is 4.84. The first-order valence-corrected chi connectivity index (χ1v) is 7.45. The first-order chi connectivity index (χ1) is 9.51. The quantitative estimate of drug-likeness (QED) is 0.904. The van der Waals surface area contributed by atoms with E-state index in [0.29, 0.717) is 0 Å². The standard InChI is InChI=1S/C17H20BrNO/c1-11-4-7-17(20-3)14(8-11)10-16(19)13-5-6-15(18)12(2)9-13/h4-9,16H,10,19H2,1-3H3. The Labute approximate surface area is 129 Å². The molecule has 2 aromatic rings. The van der Waals surface area contributed by atoms with Crippen molar-refractivity contribution in [1.82, 2.24) is 0 Å². The maximum Gasteiger partial charge on any atom is 0.122 e. The predicted octanol–water partition coefficient (Wildman–Crippen LogP) is 4.32. The van der Waals surface area contributed by atoms with Gasteiger partial charge in [-0.05, 0) is 49.1 Å². The fraction of sp³-hybridized carbons (Fsp3) is 0.294. The van der Waals surface area contributed by atoms with Crippen LogP contribution in [0.2, 0.25) is 0 Å². The van der Waals surface area contributed by atoms with E-state index < -0.39 is 0 Å². The fourth-order valence-electron chi connectivity index (χ4n) is 2.32. The van der Waals surface area contributed by atoms with Gasteiger partial charge in [0.1, 0.15) is 5.75 Å². The van der Waals surface area contributed by atoms with Gasteiger partial charge in [-0.1, -0.05) is 45.8 Å². The lowest BCUT2D eigenvalue weighted by atomic mass is 9.97. The third-order valence-electron chi connectivity index (χ3n) is 3.49. The van der Waals surface area contributed by atoms with Gasteiger partial charge in [0.15, 0.2) is 0 Å². The summed E-state index contributed by atoms with van der Waals surface area (Å²) in [6, 6.07) is 12.4. The Morgan fingerprint density at radius 3 is 2.55 bits per heavy atom. The van der Waals surface area contributed by atoms with Crippen LogP contribution in [0.25, 0.3) is 0 Å². The highest BCUT2D eigenvalue weighted by molar-refractivity contribution is 9.10. The Hall–Kier alpha value is -1.32. The lowest BCUT2D eigenvalue weighted by Crippen LogP contribution is -2.14. The summed E-state index contributed by atoms with van der Waals surface area (Å²) < 4.78 is 6.53. The molecule has 0 radical (unpaired) electrons. The van der Waals surface area contributed by atoms with Crippen molar-refractivity contribution in [2.24, 2.45) is 5.73 Å². The molecule has 0 bridgehead atoms. The number of rotatable bonds is 4. The molecule has 1 unspecified atom stereocenters. The first kappa shape index (κ1) is 15.1. The fourth-order valence-corrected chi connectivity index (χ4v) is 2.57. The Morgan fingerprint density at radius 1 is 1.15 bits per heavy atom. The van der Waals surface area contributed by atoms with Gasteiger partial charge in [0.25, 0.3) is 0 Å². The molecule has 0 aliphatic carbocycles. The molecule has 0 heterocycles. The van der Waals surface area contributed by atoms with E-state index in [4.69, 9.17) is 10.5 Å². The number of hydrogen-bond acceptors (Lipinski definition) is 2. The third-order valence-corrected chi connectivity index (χ3v) is 4.38. The van der Waals surface area contributed by atoms with Gasteiger partial charge >= 0.3 is 0 Å². The summed E-state index contributed by atoms with van der Waals surface area (Å²) in [6.45, 7) is 4.16. The number of nitrogens with two attached hydrogens (primary N) is 1. The molecule has 0 aliphatic heterocycles. The predicted molar refractivity (Wildman–Crippen MR) is 87.2 cm³/mol. The van der Waals surface area contributed by atoms with Gasteiger partial charge in [-0.25, -0.2) is 0 Å². The van der Waals surface area contributed by atoms with Gasteiger partial charge in [-0.2, -0.15) is 0 Å². The molecule has 0 amide bonds. The van der Waals surface area contributed by atoms with Crippen molar-refractivity contribution in [2.75, 3.05) is 7.11 Å². The molecule has 0 fully saturated rings. The van der Waals surface area contributed by atoms with Crippen molar-refractivity contribution in [1.29, 1.82) is 0 Å². The number of halogens is 1. The van der Waals surface area contributed by atoms with E-state index in [1.165, 1.54) is 11.1 Å². The summed E-state index contributed by atoms with van der Waals surface area (Å²) in [5.74, 6) is 0.903. The van der Waals surface area contributed by atoms with Gasteiger partial charge in [0.2, 0.25) is 0 Å². The van der Waals surface area contributed by atoms with E-state index >= 15 is 0 Å². The number of aryl methyl sites for hydroxylation is 2. The molecule has 0 spiro atoms. The second-order valence-electron chi connectivity index (χ2n) is 5.13. The molecular weight excluding hydrogens is 314 g/mol. The summed E-state index contributed by atoms with van der Waals surface area (Å²) in [4.78, 5) is 0. The van der Waals surface area contributed by atoms with Crippen LogP contribution >= 0.6 is 15.9 Å². The van der Waals surface area contributed by atoms with Crippen molar-refractivity contribution in [2.45, 2.75) is 26.3 Å². The van der Waals surface area contributed by atoms with E-state index in [-0.39, 0.29) is 6.04 Å².